The Balaban J connectivity index is 1.96. The van der Waals surface area contributed by atoms with E-state index >= 15 is 0 Å². The van der Waals surface area contributed by atoms with Crippen LogP contribution in [0.1, 0.15) is 29.2 Å². The van der Waals surface area contributed by atoms with Crippen LogP contribution in [0.25, 0.3) is 24.3 Å². The number of carbonyl (C=O) groups excluding carboxylic acids is 1. The molecule has 3 heteroatoms. The van der Waals surface area contributed by atoms with E-state index in [0.29, 0.717) is 11.4 Å². The van der Waals surface area contributed by atoms with Crippen molar-refractivity contribution in [3.8, 4) is 0 Å². The first-order valence-electron chi connectivity index (χ1n) is 8.79. The number of benzene rings is 3. The van der Waals surface area contributed by atoms with Crippen molar-refractivity contribution in [1.29, 1.82) is 0 Å². The third-order valence-corrected chi connectivity index (χ3v) is 4.08. The second kappa shape index (κ2) is 8.68. The van der Waals surface area contributed by atoms with E-state index in [1.165, 1.54) is 6.92 Å². The number of carbonyl (C=O) groups is 1. The Hall–Kier alpha value is -3.59. The van der Waals surface area contributed by atoms with Crippen molar-refractivity contribution in [2.75, 3.05) is 11.1 Å². The van der Waals surface area contributed by atoms with Crippen LogP contribution in [0.2, 0.25) is 0 Å². The lowest BCUT2D eigenvalue weighted by Crippen LogP contribution is -2.08. The quantitative estimate of drug-likeness (QED) is 0.465. The topological polar surface area (TPSA) is 55.1 Å². The minimum absolute atomic E-state index is 0.128. The van der Waals surface area contributed by atoms with Crippen LogP contribution in [0.5, 0.6) is 0 Å². The molecule has 0 fully saturated rings. The normalized spacial score (nSPS) is 11.1. The largest absolute Gasteiger partial charge is 0.398 e. The van der Waals surface area contributed by atoms with Gasteiger partial charge < -0.3 is 11.1 Å². The van der Waals surface area contributed by atoms with Crippen LogP contribution in [0.15, 0.2) is 72.8 Å². The molecule has 0 bridgehead atoms. The van der Waals surface area contributed by atoms with Crippen LogP contribution in [0, 0.1) is 0 Å². The van der Waals surface area contributed by atoms with Gasteiger partial charge in [-0.2, -0.15) is 0 Å². The molecule has 134 valence electrons. The lowest BCUT2D eigenvalue weighted by atomic mass is 10.0. The molecule has 0 aliphatic heterocycles. The predicted octanol–water partition coefficient (Wildman–Crippen LogP) is 5.57. The Morgan fingerprint density at radius 2 is 1.30 bits per heavy atom. The molecule has 0 radical (unpaired) electrons. The number of anilines is 2. The van der Waals surface area contributed by atoms with Gasteiger partial charge in [-0.05, 0) is 34.4 Å². The number of hydrogen-bond donors (Lipinski definition) is 2. The van der Waals surface area contributed by atoms with Gasteiger partial charge in [-0.3, -0.25) is 4.79 Å². The highest BCUT2D eigenvalue weighted by molar-refractivity contribution is 5.94. The van der Waals surface area contributed by atoms with Gasteiger partial charge in [0.1, 0.15) is 0 Å². The Morgan fingerprint density at radius 3 is 1.81 bits per heavy atom. The lowest BCUT2D eigenvalue weighted by Gasteiger charge is -2.11. The molecular weight excluding hydrogens is 332 g/mol. The summed E-state index contributed by atoms with van der Waals surface area (Å²) in [4.78, 5) is 11.6. The fourth-order valence-corrected chi connectivity index (χ4v) is 2.73. The molecule has 27 heavy (non-hydrogen) atoms. The predicted molar refractivity (Wildman–Crippen MR) is 116 cm³/mol. The molecule has 3 N–H and O–H groups in total. The molecule has 0 saturated heterocycles. The van der Waals surface area contributed by atoms with E-state index in [4.69, 9.17) is 5.73 Å². The van der Waals surface area contributed by atoms with E-state index in [2.05, 4.69) is 5.32 Å². The summed E-state index contributed by atoms with van der Waals surface area (Å²) in [5.74, 6) is -0.128. The number of rotatable bonds is 5. The smallest absolute Gasteiger partial charge is 0.221 e. The average molecular weight is 354 g/mol. The zero-order valence-corrected chi connectivity index (χ0v) is 15.2. The summed E-state index contributed by atoms with van der Waals surface area (Å²) < 4.78 is 0. The summed E-state index contributed by atoms with van der Waals surface area (Å²) in [6.45, 7) is 1.49. The summed E-state index contributed by atoms with van der Waals surface area (Å²) in [6, 6.07) is 23.9. The van der Waals surface area contributed by atoms with Crippen LogP contribution >= 0.6 is 0 Å². The third kappa shape index (κ3) is 5.19. The van der Waals surface area contributed by atoms with E-state index in [0.717, 1.165) is 22.3 Å². The van der Waals surface area contributed by atoms with Gasteiger partial charge in [0, 0.05) is 12.6 Å². The summed E-state index contributed by atoms with van der Waals surface area (Å²) in [5.41, 5.74) is 11.5. The van der Waals surface area contributed by atoms with Crippen molar-refractivity contribution in [3.05, 3.63) is 95.1 Å². The second-order valence-corrected chi connectivity index (χ2v) is 6.24. The van der Waals surface area contributed by atoms with Gasteiger partial charge in [0.15, 0.2) is 0 Å². The van der Waals surface area contributed by atoms with E-state index < -0.39 is 0 Å². The summed E-state index contributed by atoms with van der Waals surface area (Å²) in [7, 11) is 0. The number of nitrogen functional groups attached to an aromatic ring is 1. The first-order chi connectivity index (χ1) is 13.1. The first-order valence-corrected chi connectivity index (χ1v) is 8.79. The standard InChI is InChI=1S/C24H22N2O/c1-18(27)26-24-17-23(25)21(14-12-19-8-4-2-5-9-19)16-22(24)15-13-20-10-6-3-7-11-20/h2-17H,25H2,1H3,(H,26,27)/b14-12-,15-13+. The number of amides is 1. The fourth-order valence-electron chi connectivity index (χ4n) is 2.73. The Labute approximate surface area is 159 Å². The molecule has 3 aromatic rings. The molecule has 0 aliphatic carbocycles. The Kier molecular flexibility index (Phi) is 5.85. The van der Waals surface area contributed by atoms with Crippen LogP contribution < -0.4 is 11.1 Å². The Morgan fingerprint density at radius 1 is 0.778 bits per heavy atom. The summed E-state index contributed by atoms with van der Waals surface area (Å²) >= 11 is 0. The minimum atomic E-state index is -0.128. The van der Waals surface area contributed by atoms with Crippen LogP contribution in [-0.2, 0) is 4.79 Å². The monoisotopic (exact) mass is 354 g/mol. The molecule has 3 aromatic carbocycles. The number of hydrogen-bond acceptors (Lipinski definition) is 2. The maximum absolute atomic E-state index is 11.6. The molecule has 0 aliphatic rings. The SMILES string of the molecule is CC(=O)Nc1cc(N)c(/C=C\c2ccccc2)cc1/C=C/c1ccccc1. The molecule has 0 saturated carbocycles. The molecule has 1 amide bonds. The molecular formula is C24H22N2O. The molecule has 0 unspecified atom stereocenters. The first kappa shape index (κ1) is 18.2. The molecule has 0 heterocycles. The zero-order valence-electron chi connectivity index (χ0n) is 15.2. The lowest BCUT2D eigenvalue weighted by molar-refractivity contribution is -0.114. The molecule has 3 rings (SSSR count). The average Bonchev–Trinajstić information content (AvgIpc) is 2.67. The van der Waals surface area contributed by atoms with Crippen molar-refractivity contribution in [1.82, 2.24) is 0 Å². The van der Waals surface area contributed by atoms with Crippen molar-refractivity contribution in [2.45, 2.75) is 6.92 Å². The maximum Gasteiger partial charge on any atom is 0.221 e. The molecule has 0 atom stereocenters. The summed E-state index contributed by atoms with van der Waals surface area (Å²) in [6.07, 6.45) is 8.01. The molecule has 0 aromatic heterocycles. The van der Waals surface area contributed by atoms with Gasteiger partial charge >= 0.3 is 0 Å². The Bertz CT molecular complexity index is 974. The van der Waals surface area contributed by atoms with E-state index in [1.807, 2.05) is 91.0 Å². The second-order valence-electron chi connectivity index (χ2n) is 6.24. The summed E-state index contributed by atoms with van der Waals surface area (Å²) in [5, 5.41) is 2.86. The van der Waals surface area contributed by atoms with E-state index in [9.17, 15) is 4.79 Å². The van der Waals surface area contributed by atoms with E-state index in [-0.39, 0.29) is 5.91 Å². The fraction of sp³-hybridized carbons (Fsp3) is 0.0417. The number of nitrogens with two attached hydrogens (primary N) is 1. The van der Waals surface area contributed by atoms with Gasteiger partial charge in [-0.25, -0.2) is 0 Å². The van der Waals surface area contributed by atoms with Gasteiger partial charge in [-0.1, -0.05) is 85.0 Å². The van der Waals surface area contributed by atoms with E-state index in [1.54, 1.807) is 6.07 Å². The van der Waals surface area contributed by atoms with Gasteiger partial charge in [0.2, 0.25) is 5.91 Å². The van der Waals surface area contributed by atoms with Crippen molar-refractivity contribution >= 4 is 41.6 Å². The highest BCUT2D eigenvalue weighted by Crippen LogP contribution is 2.27. The minimum Gasteiger partial charge on any atom is -0.398 e. The van der Waals surface area contributed by atoms with Crippen LogP contribution in [-0.4, -0.2) is 5.91 Å². The molecule has 0 spiro atoms. The van der Waals surface area contributed by atoms with Crippen molar-refractivity contribution < 1.29 is 4.79 Å². The maximum atomic E-state index is 11.6. The zero-order chi connectivity index (χ0) is 19.1. The van der Waals surface area contributed by atoms with Crippen molar-refractivity contribution in [3.63, 3.8) is 0 Å². The van der Waals surface area contributed by atoms with Crippen molar-refractivity contribution in [2.24, 2.45) is 0 Å². The van der Waals surface area contributed by atoms with Crippen LogP contribution in [0.3, 0.4) is 0 Å². The van der Waals surface area contributed by atoms with Crippen LogP contribution in [0.4, 0.5) is 11.4 Å². The van der Waals surface area contributed by atoms with Gasteiger partial charge in [-0.15, -0.1) is 0 Å². The van der Waals surface area contributed by atoms with Gasteiger partial charge in [0.05, 0.1) is 5.69 Å². The highest BCUT2D eigenvalue weighted by atomic mass is 16.1. The van der Waals surface area contributed by atoms with Gasteiger partial charge in [0.25, 0.3) is 0 Å². The molecule has 3 nitrogen and oxygen atoms in total. The third-order valence-electron chi connectivity index (χ3n) is 4.08. The number of nitrogens with one attached hydrogen (secondary N) is 1. The highest BCUT2D eigenvalue weighted by Gasteiger charge is 2.06.